The van der Waals surface area contributed by atoms with Crippen LogP contribution in [0.15, 0.2) is 36.4 Å². The summed E-state index contributed by atoms with van der Waals surface area (Å²) in [6.45, 7) is 9.90. The van der Waals surface area contributed by atoms with Gasteiger partial charge in [0.1, 0.15) is 0 Å². The molecule has 2 aromatic rings. The molecule has 2 aromatic carbocycles. The lowest BCUT2D eigenvalue weighted by atomic mass is 9.98. The molecule has 3 rings (SSSR count). The number of hydrogen-bond donors (Lipinski definition) is 1. The topological polar surface area (TPSA) is 49.4 Å². The van der Waals surface area contributed by atoms with Crippen molar-refractivity contribution in [1.29, 1.82) is 0 Å². The summed E-state index contributed by atoms with van der Waals surface area (Å²) in [6, 6.07) is 11.1. The van der Waals surface area contributed by atoms with Gasteiger partial charge in [-0.25, -0.2) is 0 Å². The maximum Gasteiger partial charge on any atom is 0.255 e. The Balaban J connectivity index is 1.70. The number of carbonyl (C=O) groups is 2. The van der Waals surface area contributed by atoms with E-state index in [-0.39, 0.29) is 11.8 Å². The maximum absolute atomic E-state index is 12.6. The van der Waals surface area contributed by atoms with Crippen LogP contribution in [0.1, 0.15) is 57.2 Å². The van der Waals surface area contributed by atoms with Crippen molar-refractivity contribution in [3.63, 3.8) is 0 Å². The SMILES string of the molecule is Cc1cc(C)c(NC(=O)c2ccc(C(=O)N3CCC(C)CC3)cc2)c(C)c1. The number of aryl methyl sites for hydroxylation is 3. The van der Waals surface area contributed by atoms with Crippen molar-refractivity contribution in [2.45, 2.75) is 40.5 Å². The molecule has 27 heavy (non-hydrogen) atoms. The molecule has 0 unspecified atom stereocenters. The fraction of sp³-hybridized carbons (Fsp3) is 0.391. The summed E-state index contributed by atoms with van der Waals surface area (Å²) in [5.41, 5.74) is 5.33. The van der Waals surface area contributed by atoms with Gasteiger partial charge in [0.05, 0.1) is 0 Å². The van der Waals surface area contributed by atoms with Crippen LogP contribution in [-0.4, -0.2) is 29.8 Å². The molecule has 1 aliphatic heterocycles. The van der Waals surface area contributed by atoms with Gasteiger partial charge < -0.3 is 10.2 Å². The first kappa shape index (κ1) is 19.2. The zero-order chi connectivity index (χ0) is 19.6. The van der Waals surface area contributed by atoms with Gasteiger partial charge in [-0.2, -0.15) is 0 Å². The minimum atomic E-state index is -0.157. The summed E-state index contributed by atoms with van der Waals surface area (Å²) in [5.74, 6) is 0.587. The Labute approximate surface area is 161 Å². The summed E-state index contributed by atoms with van der Waals surface area (Å²) < 4.78 is 0. The monoisotopic (exact) mass is 364 g/mol. The first-order valence-corrected chi connectivity index (χ1v) is 9.63. The Hall–Kier alpha value is -2.62. The number of likely N-dealkylation sites (tertiary alicyclic amines) is 1. The highest BCUT2D eigenvalue weighted by molar-refractivity contribution is 6.05. The smallest absolute Gasteiger partial charge is 0.255 e. The number of carbonyl (C=O) groups excluding carboxylic acids is 2. The van der Waals surface area contributed by atoms with Gasteiger partial charge in [-0.1, -0.05) is 24.6 Å². The van der Waals surface area contributed by atoms with Crippen molar-refractivity contribution in [2.24, 2.45) is 5.92 Å². The maximum atomic E-state index is 12.6. The van der Waals surface area contributed by atoms with Gasteiger partial charge in [0.15, 0.2) is 0 Å². The van der Waals surface area contributed by atoms with E-state index in [1.54, 1.807) is 24.3 Å². The largest absolute Gasteiger partial charge is 0.339 e. The second-order valence-corrected chi connectivity index (χ2v) is 7.78. The van der Waals surface area contributed by atoms with Crippen LogP contribution in [0.25, 0.3) is 0 Å². The van der Waals surface area contributed by atoms with Gasteiger partial charge in [-0.05, 0) is 74.9 Å². The number of nitrogens with one attached hydrogen (secondary N) is 1. The predicted octanol–water partition coefficient (Wildman–Crippen LogP) is 4.74. The molecule has 0 bridgehead atoms. The Morgan fingerprint density at radius 1 is 0.926 bits per heavy atom. The predicted molar refractivity (Wildman–Crippen MR) is 109 cm³/mol. The number of piperidine rings is 1. The molecule has 1 heterocycles. The number of rotatable bonds is 3. The molecule has 0 aromatic heterocycles. The molecule has 2 amide bonds. The van der Waals surface area contributed by atoms with Crippen LogP contribution in [-0.2, 0) is 0 Å². The zero-order valence-electron chi connectivity index (χ0n) is 16.6. The molecular formula is C23H28N2O2. The zero-order valence-corrected chi connectivity index (χ0v) is 16.6. The second kappa shape index (κ2) is 7.95. The lowest BCUT2D eigenvalue weighted by Crippen LogP contribution is -2.37. The van der Waals surface area contributed by atoms with Crippen LogP contribution in [0.4, 0.5) is 5.69 Å². The molecule has 1 fully saturated rings. The molecule has 0 spiro atoms. The summed E-state index contributed by atoms with van der Waals surface area (Å²) in [4.78, 5) is 27.2. The first-order chi connectivity index (χ1) is 12.8. The Morgan fingerprint density at radius 2 is 1.44 bits per heavy atom. The van der Waals surface area contributed by atoms with Gasteiger partial charge in [0, 0.05) is 29.9 Å². The molecule has 0 aliphatic carbocycles. The lowest BCUT2D eigenvalue weighted by Gasteiger charge is -2.30. The van der Waals surface area contributed by atoms with Crippen LogP contribution in [0.2, 0.25) is 0 Å². The molecule has 0 atom stereocenters. The van der Waals surface area contributed by atoms with Crippen molar-refractivity contribution >= 4 is 17.5 Å². The van der Waals surface area contributed by atoms with E-state index in [0.717, 1.165) is 42.7 Å². The van der Waals surface area contributed by atoms with Crippen molar-refractivity contribution in [3.8, 4) is 0 Å². The van der Waals surface area contributed by atoms with Gasteiger partial charge in [0.2, 0.25) is 0 Å². The quantitative estimate of drug-likeness (QED) is 0.855. The van der Waals surface area contributed by atoms with Crippen LogP contribution < -0.4 is 5.32 Å². The molecule has 1 saturated heterocycles. The van der Waals surface area contributed by atoms with Crippen LogP contribution >= 0.6 is 0 Å². The van der Waals surface area contributed by atoms with Crippen LogP contribution in [0.3, 0.4) is 0 Å². The van der Waals surface area contributed by atoms with E-state index in [0.29, 0.717) is 17.0 Å². The van der Waals surface area contributed by atoms with E-state index in [1.165, 1.54) is 5.56 Å². The first-order valence-electron chi connectivity index (χ1n) is 9.63. The van der Waals surface area contributed by atoms with Crippen molar-refractivity contribution in [2.75, 3.05) is 18.4 Å². The van der Waals surface area contributed by atoms with Crippen LogP contribution in [0.5, 0.6) is 0 Å². The average Bonchev–Trinajstić information content (AvgIpc) is 2.64. The van der Waals surface area contributed by atoms with E-state index in [2.05, 4.69) is 24.4 Å². The van der Waals surface area contributed by atoms with Gasteiger partial charge in [-0.3, -0.25) is 9.59 Å². The number of anilines is 1. The minimum absolute atomic E-state index is 0.0547. The second-order valence-electron chi connectivity index (χ2n) is 7.78. The summed E-state index contributed by atoms with van der Waals surface area (Å²) in [5, 5.41) is 3.00. The number of nitrogens with zero attached hydrogens (tertiary/aromatic N) is 1. The van der Waals surface area contributed by atoms with E-state index >= 15 is 0 Å². The fourth-order valence-electron chi connectivity index (χ4n) is 3.72. The molecule has 0 saturated carbocycles. The average molecular weight is 364 g/mol. The normalized spacial score (nSPS) is 14.9. The summed E-state index contributed by atoms with van der Waals surface area (Å²) >= 11 is 0. The van der Waals surface area contributed by atoms with Gasteiger partial charge >= 0.3 is 0 Å². The molecule has 4 nitrogen and oxygen atoms in total. The summed E-state index contributed by atoms with van der Waals surface area (Å²) in [6.07, 6.45) is 2.11. The highest BCUT2D eigenvalue weighted by Gasteiger charge is 2.21. The van der Waals surface area contributed by atoms with Crippen molar-refractivity contribution < 1.29 is 9.59 Å². The molecule has 142 valence electrons. The van der Waals surface area contributed by atoms with Crippen molar-refractivity contribution in [3.05, 3.63) is 64.2 Å². The Kier molecular flexibility index (Phi) is 5.64. The third-order valence-corrected chi connectivity index (χ3v) is 5.38. The van der Waals surface area contributed by atoms with Crippen LogP contribution in [0, 0.1) is 26.7 Å². The van der Waals surface area contributed by atoms with Crippen molar-refractivity contribution in [1.82, 2.24) is 4.90 Å². The molecule has 1 N–H and O–H groups in total. The van der Waals surface area contributed by atoms with Gasteiger partial charge in [0.25, 0.3) is 11.8 Å². The highest BCUT2D eigenvalue weighted by Crippen LogP contribution is 2.23. The minimum Gasteiger partial charge on any atom is -0.339 e. The number of benzene rings is 2. The molecule has 4 heteroatoms. The van der Waals surface area contributed by atoms with E-state index in [1.807, 2.05) is 25.7 Å². The number of hydrogen-bond acceptors (Lipinski definition) is 2. The standard InChI is InChI=1S/C23H28N2O2/c1-15-9-11-25(12-10-15)23(27)20-7-5-19(6-8-20)22(26)24-21-17(3)13-16(2)14-18(21)4/h5-8,13-15H,9-12H2,1-4H3,(H,24,26). The third-order valence-electron chi connectivity index (χ3n) is 5.38. The van der Waals surface area contributed by atoms with Gasteiger partial charge in [-0.15, -0.1) is 0 Å². The lowest BCUT2D eigenvalue weighted by molar-refractivity contribution is 0.0697. The van der Waals surface area contributed by atoms with E-state index < -0.39 is 0 Å². The third kappa shape index (κ3) is 4.38. The molecule has 0 radical (unpaired) electrons. The molecular weight excluding hydrogens is 336 g/mol. The summed E-state index contributed by atoms with van der Waals surface area (Å²) in [7, 11) is 0. The Morgan fingerprint density at radius 3 is 2.00 bits per heavy atom. The Bertz CT molecular complexity index is 824. The molecule has 1 aliphatic rings. The van der Waals surface area contributed by atoms with E-state index in [9.17, 15) is 9.59 Å². The fourth-order valence-corrected chi connectivity index (χ4v) is 3.72. The van der Waals surface area contributed by atoms with E-state index in [4.69, 9.17) is 0 Å². The number of amides is 2. The highest BCUT2D eigenvalue weighted by atomic mass is 16.2.